The third kappa shape index (κ3) is 23.8. The average Bonchev–Trinajstić information content (AvgIpc) is 0.902. The number of nitrogens with one attached hydrogen (secondary N) is 2. The van der Waals surface area contributed by atoms with Crippen molar-refractivity contribution in [3.8, 4) is 0 Å². The molecule has 15 atom stereocenters. The number of allylic oxidation sites excluding steroid dienone is 10. The predicted octanol–water partition coefficient (Wildman–Crippen LogP) is 8.94. The maximum atomic E-state index is 14.1. The molecular formula is C70H104N4O19S2. The van der Waals surface area contributed by atoms with E-state index in [-0.39, 0.29) is 67.9 Å². The fourth-order valence-electron chi connectivity index (χ4n) is 12.0. The molecule has 4 aliphatic rings. The van der Waals surface area contributed by atoms with E-state index in [1.807, 2.05) is 53.7 Å². The molecule has 15 unspecified atom stereocenters. The van der Waals surface area contributed by atoms with Crippen molar-refractivity contribution in [3.63, 3.8) is 0 Å². The summed E-state index contributed by atoms with van der Waals surface area (Å²) in [5.41, 5.74) is 12.4. The zero-order chi connectivity index (χ0) is 71.4. The van der Waals surface area contributed by atoms with Crippen molar-refractivity contribution in [3.05, 3.63) is 115 Å². The number of nitrogens with two attached hydrogens (primary N) is 2. The van der Waals surface area contributed by atoms with Crippen molar-refractivity contribution in [2.24, 2.45) is 35.1 Å². The van der Waals surface area contributed by atoms with Crippen LogP contribution in [0.2, 0.25) is 0 Å². The minimum Gasteiger partial charge on any atom is -0.439 e. The van der Waals surface area contributed by atoms with Gasteiger partial charge in [0, 0.05) is 103 Å². The summed E-state index contributed by atoms with van der Waals surface area (Å²) in [6.45, 7) is 18.5. The number of rotatable bonds is 20. The van der Waals surface area contributed by atoms with E-state index in [0.717, 1.165) is 38.2 Å². The normalized spacial score (nSPS) is 31.4. The minimum absolute atomic E-state index is 0.0379. The summed E-state index contributed by atoms with van der Waals surface area (Å²) in [6, 6.07) is 0. The molecule has 4 bridgehead atoms. The number of carbonyl (C=O) groups excluding carboxylic acids is 8. The highest BCUT2D eigenvalue weighted by molar-refractivity contribution is 8.04. The van der Waals surface area contributed by atoms with E-state index >= 15 is 0 Å². The lowest BCUT2D eigenvalue weighted by molar-refractivity contribution is -0.121. The molecule has 0 aromatic heterocycles. The zero-order valence-electron chi connectivity index (χ0n) is 58.7. The molecule has 25 heteroatoms. The quantitative estimate of drug-likeness (QED) is 0.0502. The molecule has 0 aromatic carbocycles. The molecule has 0 radical (unpaired) electrons. The van der Waals surface area contributed by atoms with Crippen LogP contribution >= 0.6 is 11.8 Å². The highest BCUT2D eigenvalue weighted by Gasteiger charge is 2.43. The molecule has 4 rings (SSSR count). The first-order valence-corrected chi connectivity index (χ1v) is 34.4. The lowest BCUT2D eigenvalue weighted by atomic mass is 9.83. The summed E-state index contributed by atoms with van der Waals surface area (Å²) in [5.74, 6) is -3.69. The van der Waals surface area contributed by atoms with Gasteiger partial charge in [-0.25, -0.2) is 9.59 Å². The first kappa shape index (κ1) is 83.0. The Morgan fingerprint density at radius 2 is 0.958 bits per heavy atom. The number of hydrogen-bond donors (Lipinski definition) is 4. The largest absolute Gasteiger partial charge is 0.439 e. The van der Waals surface area contributed by atoms with Crippen molar-refractivity contribution in [1.29, 1.82) is 0 Å². The van der Waals surface area contributed by atoms with Crippen LogP contribution in [0, 0.1) is 23.7 Å². The maximum Gasteiger partial charge on any atom is 0.405 e. The average molecular weight is 1370 g/mol. The summed E-state index contributed by atoms with van der Waals surface area (Å²) in [4.78, 5) is 106. The van der Waals surface area contributed by atoms with Gasteiger partial charge in [-0.3, -0.25) is 33.0 Å². The molecule has 0 fully saturated rings. The van der Waals surface area contributed by atoms with Crippen LogP contribution in [0.4, 0.5) is 9.59 Å². The third-order valence-electron chi connectivity index (χ3n) is 16.9. The summed E-state index contributed by atoms with van der Waals surface area (Å²) in [5, 5.41) is 5.20. The van der Waals surface area contributed by atoms with Gasteiger partial charge in [0.1, 0.15) is 12.2 Å². The van der Waals surface area contributed by atoms with Gasteiger partial charge in [-0.1, -0.05) is 116 Å². The van der Waals surface area contributed by atoms with E-state index < -0.39 is 119 Å². The van der Waals surface area contributed by atoms with Gasteiger partial charge in [0.05, 0.1) is 74.2 Å². The molecule has 0 spiro atoms. The van der Waals surface area contributed by atoms with E-state index in [2.05, 4.69) is 17.6 Å². The van der Waals surface area contributed by atoms with Crippen LogP contribution in [0.3, 0.4) is 0 Å². The number of primary amides is 2. The van der Waals surface area contributed by atoms with Gasteiger partial charge in [-0.2, -0.15) is 0 Å². The lowest BCUT2D eigenvalue weighted by Crippen LogP contribution is -2.42. The van der Waals surface area contributed by atoms with Gasteiger partial charge in [0.25, 0.3) is 11.8 Å². The molecule has 2 heterocycles. The van der Waals surface area contributed by atoms with Crippen LogP contribution in [0.5, 0.6) is 0 Å². The van der Waals surface area contributed by atoms with Crippen LogP contribution in [0.15, 0.2) is 115 Å². The van der Waals surface area contributed by atoms with Gasteiger partial charge < -0.3 is 69.5 Å². The first-order chi connectivity index (χ1) is 45.1. The van der Waals surface area contributed by atoms with E-state index in [1.54, 1.807) is 66.6 Å². The first-order valence-electron chi connectivity index (χ1n) is 32.0. The Bertz CT molecular complexity index is 3050. The fourth-order valence-corrected chi connectivity index (χ4v) is 14.5. The van der Waals surface area contributed by atoms with E-state index in [0.29, 0.717) is 41.1 Å². The van der Waals surface area contributed by atoms with Crippen molar-refractivity contribution >= 4 is 69.7 Å². The number of fused-ring (bicyclic) bond motifs is 4. The van der Waals surface area contributed by atoms with Crippen molar-refractivity contribution in [2.75, 3.05) is 68.4 Å². The van der Waals surface area contributed by atoms with Crippen molar-refractivity contribution in [1.82, 2.24) is 10.6 Å². The maximum absolute atomic E-state index is 14.1. The second kappa shape index (κ2) is 41.8. The highest BCUT2D eigenvalue weighted by Crippen LogP contribution is 2.38. The van der Waals surface area contributed by atoms with Crippen LogP contribution in [-0.2, 0) is 86.9 Å². The summed E-state index contributed by atoms with van der Waals surface area (Å²) < 4.78 is 71.4. The second-order valence-electron chi connectivity index (χ2n) is 24.0. The Hall–Kier alpha value is -6.26. The number of ether oxygens (including phenoxy) is 10. The van der Waals surface area contributed by atoms with E-state index in [1.165, 1.54) is 65.4 Å². The van der Waals surface area contributed by atoms with Gasteiger partial charge in [-0.15, -0.1) is 11.8 Å². The summed E-state index contributed by atoms with van der Waals surface area (Å²) in [6.07, 6.45) is 12.4. The molecule has 6 N–H and O–H groups in total. The molecule has 530 valence electrons. The monoisotopic (exact) mass is 1370 g/mol. The molecule has 23 nitrogen and oxygen atoms in total. The van der Waals surface area contributed by atoms with Crippen LogP contribution in [-0.4, -0.2) is 181 Å². The van der Waals surface area contributed by atoms with Gasteiger partial charge >= 0.3 is 12.2 Å². The number of ketones is 4. The van der Waals surface area contributed by atoms with Crippen LogP contribution < -0.4 is 22.1 Å². The number of carbonyl (C=O) groups is 8. The van der Waals surface area contributed by atoms with Crippen molar-refractivity contribution < 1.29 is 89.9 Å². The van der Waals surface area contributed by atoms with E-state index in [4.69, 9.17) is 58.8 Å². The smallest absolute Gasteiger partial charge is 0.405 e. The molecule has 4 amide bonds. The molecule has 2 aliphatic heterocycles. The topological polar surface area (TPSA) is 322 Å². The number of methoxy groups -OCH3 is 8. The number of hydrogen-bond acceptors (Lipinski definition) is 20. The zero-order valence-corrected chi connectivity index (χ0v) is 60.3. The van der Waals surface area contributed by atoms with Crippen LogP contribution in [0.25, 0.3) is 0 Å². The fraction of sp³-hybridized carbons (Fsp3) is 0.600. The van der Waals surface area contributed by atoms with Gasteiger partial charge in [0.2, 0.25) is 11.6 Å². The molecule has 2 aliphatic carbocycles. The lowest BCUT2D eigenvalue weighted by Gasteiger charge is -2.34. The summed E-state index contributed by atoms with van der Waals surface area (Å²) >= 11 is 1.35. The Balaban J connectivity index is 0.000000495. The molecule has 0 aromatic rings. The Labute approximate surface area is 568 Å². The Morgan fingerprint density at radius 1 is 0.547 bits per heavy atom. The van der Waals surface area contributed by atoms with Crippen LogP contribution in [0.1, 0.15) is 121 Å². The SMILES string of the molecule is CCCCCS(=O)C1=C2C(=O)C(=CC1=O)NC(=O)/C(C)=C/C=C\C(OC)C(OC(N)=O)/C(C)=C/C(C)C(OC)C(OC)CC(C)C2OC.CCCCCSC1=C2C(=O)C(=CC1=O)NC(=O)/C(C)=C/C=C\C(OC)C(OC(N)=O)/C(C)=C/C(C)C(OC)C(OC)CC(C)C2OC. The predicted molar refractivity (Wildman–Crippen MR) is 366 cm³/mol. The Morgan fingerprint density at radius 3 is 1.35 bits per heavy atom. The number of unbranched alkanes of at least 4 members (excludes halogenated alkanes) is 4. The Kier molecular flexibility index (Phi) is 36.5. The number of amides is 4. The molecule has 0 saturated carbocycles. The second-order valence-corrected chi connectivity index (χ2v) is 26.6. The number of thioether (sulfide) groups is 1. The van der Waals surface area contributed by atoms with Gasteiger partial charge in [0.15, 0.2) is 23.8 Å². The van der Waals surface area contributed by atoms with Crippen molar-refractivity contribution in [2.45, 2.75) is 182 Å². The molecule has 95 heavy (non-hydrogen) atoms. The number of Topliss-reactive ketones (excluding diaryl/α,β-unsaturated/α-hetero) is 2. The minimum atomic E-state index is -1.78. The third-order valence-corrected chi connectivity index (χ3v) is 19.7. The van der Waals surface area contributed by atoms with E-state index in [9.17, 15) is 42.6 Å². The highest BCUT2D eigenvalue weighted by atomic mass is 32.2. The summed E-state index contributed by atoms with van der Waals surface area (Å²) in [7, 11) is 10.3. The standard InChI is InChI=1S/C35H52N2O10S.C35H52N2O9S/c1-10-11-12-16-48(42)33-25(38)19-24-29(39)28(33)32(46-9)23(5)18-27(44-7)30(45-8)21(3)17-22(4)31(47-35(36)41)26(43-6)15-13-14-20(2)34(40)37-24;1-10-11-12-16-47-33-25(38)19-24-29(39)28(33)32(45-9)23(5)18-27(43-7)30(44-8)21(3)17-22(4)31(46-35(36)41)26(42-6)15-13-14-20(2)34(40)37-24/h13-15,17,19,21,23,26-27,30-32H,10-12,16,18H2,1-9H3,(H2,36,41)(H,37,40);13-15,17,19,21,23,26-27,30-32H,10-12,16,18H2,1-9H3,(H2,36,41)(H,37,40)/b2*15-13-,20-14+,22-17+. The molecule has 0 saturated heterocycles. The van der Waals surface area contributed by atoms with Gasteiger partial charge in [-0.05, 0) is 82.1 Å². The molecular weight excluding hydrogens is 1260 g/mol.